The van der Waals surface area contributed by atoms with Gasteiger partial charge in [-0.2, -0.15) is 4.98 Å². The van der Waals surface area contributed by atoms with Gasteiger partial charge in [-0.25, -0.2) is 0 Å². The molecule has 1 saturated heterocycles. The number of aromatic nitrogens is 2. The number of nitrogens with two attached hydrogens (primary N) is 1. The number of nitrogens with zero attached hydrogens (tertiary/aromatic N) is 2. The third-order valence-corrected chi connectivity index (χ3v) is 4.64. The maximum absolute atomic E-state index is 6.01. The van der Waals surface area contributed by atoms with Gasteiger partial charge in [0, 0.05) is 25.3 Å². The highest BCUT2D eigenvalue weighted by Gasteiger charge is 2.38. The third kappa shape index (κ3) is 3.58. The first-order valence-electron chi connectivity index (χ1n) is 8.10. The number of hydrogen-bond acceptors (Lipinski definition) is 8. The van der Waals surface area contributed by atoms with Crippen LogP contribution < -0.4 is 19.9 Å². The topological polar surface area (TPSA) is 102 Å². The Morgan fingerprint density at radius 2 is 1.69 bits per heavy atom. The second-order valence-corrected chi connectivity index (χ2v) is 5.93. The second-order valence-electron chi connectivity index (χ2n) is 5.93. The molecule has 0 aliphatic carbocycles. The van der Waals surface area contributed by atoms with Crippen LogP contribution in [0.3, 0.4) is 0 Å². The SMILES string of the molecule is COc1cc(-c2noc(C3(CN)CCOCC3)n2)cc(OC)c1OC.Cl. The standard InChI is InChI=1S/C17H23N3O5.ClH/c1-21-12-8-11(9-13(22-2)14(12)23-3)15-19-16(25-20-15)17(10-18)4-6-24-7-5-17;/h8-9H,4-7,10,18H2,1-3H3;1H. The van der Waals surface area contributed by atoms with Crippen LogP contribution in [0.15, 0.2) is 16.7 Å². The Hall–Kier alpha value is -2.03. The van der Waals surface area contributed by atoms with Gasteiger partial charge in [0.2, 0.25) is 17.5 Å². The number of hydrogen-bond donors (Lipinski definition) is 1. The lowest BCUT2D eigenvalue weighted by atomic mass is 9.80. The molecule has 0 unspecified atom stereocenters. The minimum Gasteiger partial charge on any atom is -0.493 e. The molecule has 1 aromatic carbocycles. The van der Waals surface area contributed by atoms with E-state index < -0.39 is 0 Å². The van der Waals surface area contributed by atoms with Crippen LogP contribution in [0, 0.1) is 0 Å². The molecular formula is C17H24ClN3O5. The quantitative estimate of drug-likeness (QED) is 0.807. The monoisotopic (exact) mass is 385 g/mol. The zero-order valence-electron chi connectivity index (χ0n) is 15.1. The fourth-order valence-corrected chi connectivity index (χ4v) is 3.03. The summed E-state index contributed by atoms with van der Waals surface area (Å²) in [6, 6.07) is 3.57. The molecule has 9 heteroatoms. The van der Waals surface area contributed by atoms with Gasteiger partial charge in [-0.15, -0.1) is 12.4 Å². The van der Waals surface area contributed by atoms with Gasteiger partial charge in [-0.1, -0.05) is 5.16 Å². The van der Waals surface area contributed by atoms with E-state index in [0.29, 0.717) is 54.3 Å². The molecule has 1 aliphatic heterocycles. The van der Waals surface area contributed by atoms with Crippen LogP contribution in [0.2, 0.25) is 0 Å². The minimum absolute atomic E-state index is 0. The van der Waals surface area contributed by atoms with Gasteiger partial charge >= 0.3 is 0 Å². The molecule has 0 spiro atoms. The summed E-state index contributed by atoms with van der Waals surface area (Å²) in [7, 11) is 4.69. The van der Waals surface area contributed by atoms with Crippen LogP contribution in [0.5, 0.6) is 17.2 Å². The van der Waals surface area contributed by atoms with Crippen molar-refractivity contribution in [2.75, 3.05) is 41.1 Å². The fraction of sp³-hybridized carbons (Fsp3) is 0.529. The Morgan fingerprint density at radius 3 is 2.19 bits per heavy atom. The third-order valence-electron chi connectivity index (χ3n) is 4.64. The summed E-state index contributed by atoms with van der Waals surface area (Å²) in [6.07, 6.45) is 1.53. The van der Waals surface area contributed by atoms with E-state index in [1.807, 2.05) is 0 Å². The first-order valence-corrected chi connectivity index (χ1v) is 8.10. The molecular weight excluding hydrogens is 362 g/mol. The van der Waals surface area contributed by atoms with Gasteiger partial charge in [0.1, 0.15) is 0 Å². The Balaban J connectivity index is 0.00000243. The van der Waals surface area contributed by atoms with E-state index in [-0.39, 0.29) is 17.8 Å². The van der Waals surface area contributed by atoms with E-state index >= 15 is 0 Å². The van der Waals surface area contributed by atoms with E-state index in [0.717, 1.165) is 12.8 Å². The summed E-state index contributed by atoms with van der Waals surface area (Å²) in [5.41, 5.74) is 6.39. The van der Waals surface area contributed by atoms with Gasteiger partial charge in [0.05, 0.1) is 26.7 Å². The Bertz CT molecular complexity index is 706. The molecule has 1 aromatic heterocycles. The van der Waals surface area contributed by atoms with Gasteiger partial charge in [0.25, 0.3) is 0 Å². The largest absolute Gasteiger partial charge is 0.493 e. The molecule has 3 rings (SSSR count). The molecule has 0 radical (unpaired) electrons. The summed E-state index contributed by atoms with van der Waals surface area (Å²) in [5, 5.41) is 4.13. The molecule has 2 N–H and O–H groups in total. The molecule has 2 aromatic rings. The van der Waals surface area contributed by atoms with Crippen LogP contribution in [0.4, 0.5) is 0 Å². The van der Waals surface area contributed by atoms with Crippen molar-refractivity contribution in [1.82, 2.24) is 10.1 Å². The van der Waals surface area contributed by atoms with Gasteiger partial charge in [-0.05, 0) is 25.0 Å². The molecule has 0 atom stereocenters. The molecule has 2 heterocycles. The van der Waals surface area contributed by atoms with Gasteiger partial charge in [-0.3, -0.25) is 0 Å². The Labute approximate surface area is 158 Å². The lowest BCUT2D eigenvalue weighted by Crippen LogP contribution is -2.40. The van der Waals surface area contributed by atoms with Crippen LogP contribution in [0.25, 0.3) is 11.4 Å². The maximum Gasteiger partial charge on any atom is 0.234 e. The number of rotatable bonds is 6. The van der Waals surface area contributed by atoms with Crippen molar-refractivity contribution in [1.29, 1.82) is 0 Å². The van der Waals surface area contributed by atoms with Crippen molar-refractivity contribution >= 4 is 12.4 Å². The molecule has 1 fully saturated rings. The molecule has 144 valence electrons. The lowest BCUT2D eigenvalue weighted by Gasteiger charge is -2.32. The predicted octanol–water partition coefficient (Wildman–Crippen LogP) is 2.19. The second kappa shape index (κ2) is 8.57. The van der Waals surface area contributed by atoms with E-state index in [4.69, 9.17) is 29.2 Å². The first kappa shape index (κ1) is 20.3. The van der Waals surface area contributed by atoms with Crippen LogP contribution in [-0.2, 0) is 10.2 Å². The van der Waals surface area contributed by atoms with Crippen LogP contribution >= 0.6 is 12.4 Å². The molecule has 1 aliphatic rings. The Kier molecular flexibility index (Phi) is 6.69. The summed E-state index contributed by atoms with van der Waals surface area (Å²) < 4.78 is 27.1. The van der Waals surface area contributed by atoms with Crippen molar-refractivity contribution in [3.05, 3.63) is 18.0 Å². The minimum atomic E-state index is -0.329. The molecule has 0 amide bonds. The van der Waals surface area contributed by atoms with Gasteiger partial charge in [0.15, 0.2) is 11.5 Å². The average Bonchev–Trinajstić information content (AvgIpc) is 3.18. The highest BCUT2D eigenvalue weighted by molar-refractivity contribution is 5.85. The number of benzene rings is 1. The smallest absolute Gasteiger partial charge is 0.234 e. The number of halogens is 1. The van der Waals surface area contributed by atoms with Crippen LogP contribution in [-0.4, -0.2) is 51.2 Å². The average molecular weight is 386 g/mol. The van der Waals surface area contributed by atoms with Crippen LogP contribution in [0.1, 0.15) is 18.7 Å². The van der Waals surface area contributed by atoms with E-state index in [9.17, 15) is 0 Å². The van der Waals surface area contributed by atoms with Crippen molar-refractivity contribution in [3.63, 3.8) is 0 Å². The van der Waals surface area contributed by atoms with Gasteiger partial charge < -0.3 is 29.2 Å². The fourth-order valence-electron chi connectivity index (χ4n) is 3.03. The zero-order valence-corrected chi connectivity index (χ0v) is 15.9. The van der Waals surface area contributed by atoms with E-state index in [1.165, 1.54) is 0 Å². The van der Waals surface area contributed by atoms with E-state index in [1.54, 1.807) is 33.5 Å². The number of ether oxygens (including phenoxy) is 4. The summed E-state index contributed by atoms with van der Waals surface area (Å²) in [5.74, 6) is 2.57. The molecule has 0 saturated carbocycles. The normalized spacial score (nSPS) is 15.8. The highest BCUT2D eigenvalue weighted by atomic mass is 35.5. The number of methoxy groups -OCH3 is 3. The zero-order chi connectivity index (χ0) is 17.9. The molecule has 8 nitrogen and oxygen atoms in total. The lowest BCUT2D eigenvalue weighted by molar-refractivity contribution is 0.0409. The van der Waals surface area contributed by atoms with Crippen molar-refractivity contribution in [2.45, 2.75) is 18.3 Å². The molecule has 26 heavy (non-hydrogen) atoms. The van der Waals surface area contributed by atoms with Crippen molar-refractivity contribution in [2.24, 2.45) is 5.73 Å². The summed E-state index contributed by atoms with van der Waals surface area (Å²) in [4.78, 5) is 4.59. The highest BCUT2D eigenvalue weighted by Crippen LogP contribution is 2.41. The predicted molar refractivity (Wildman–Crippen MR) is 97.4 cm³/mol. The first-order chi connectivity index (χ1) is 12.2. The maximum atomic E-state index is 6.01. The summed E-state index contributed by atoms with van der Waals surface area (Å²) in [6.45, 7) is 1.71. The van der Waals surface area contributed by atoms with E-state index in [2.05, 4.69) is 10.1 Å². The Morgan fingerprint density at radius 1 is 1.08 bits per heavy atom. The van der Waals surface area contributed by atoms with Crippen molar-refractivity contribution in [3.8, 4) is 28.6 Å². The molecule has 0 bridgehead atoms. The summed E-state index contributed by atoms with van der Waals surface area (Å²) >= 11 is 0. The van der Waals surface area contributed by atoms with Crippen molar-refractivity contribution < 1.29 is 23.5 Å².